The van der Waals surface area contributed by atoms with Crippen LogP contribution in [-0.2, 0) is 0 Å². The smallest absolute Gasteiger partial charge is 0.353 e. The van der Waals surface area contributed by atoms with E-state index in [0.29, 0.717) is 37.0 Å². The van der Waals surface area contributed by atoms with Gasteiger partial charge in [-0.3, -0.25) is 15.0 Å². The van der Waals surface area contributed by atoms with Crippen molar-refractivity contribution in [3.05, 3.63) is 112 Å². The number of aromatic nitrogens is 2. The van der Waals surface area contributed by atoms with E-state index in [2.05, 4.69) is 68.7 Å². The van der Waals surface area contributed by atoms with Gasteiger partial charge in [0.25, 0.3) is 0 Å². The van der Waals surface area contributed by atoms with E-state index in [1.165, 1.54) is 17.5 Å². The van der Waals surface area contributed by atoms with E-state index >= 15 is 0 Å². The second-order valence-electron chi connectivity index (χ2n) is 8.95. The number of ether oxygens (including phenoxy) is 1. The Morgan fingerprint density at radius 3 is 2.11 bits per heavy atom. The van der Waals surface area contributed by atoms with Crippen LogP contribution in [0, 0.1) is 10.1 Å². The lowest BCUT2D eigenvalue weighted by atomic mass is 9.96. The maximum atomic E-state index is 12.2. The van der Waals surface area contributed by atoms with Crippen LogP contribution in [-0.4, -0.2) is 52.6 Å². The van der Waals surface area contributed by atoms with Gasteiger partial charge in [0.2, 0.25) is 11.6 Å². The summed E-state index contributed by atoms with van der Waals surface area (Å²) in [6.07, 6.45) is 1.37. The van der Waals surface area contributed by atoms with Crippen molar-refractivity contribution in [2.75, 3.05) is 43.0 Å². The molecule has 4 aromatic rings. The second-order valence-corrected chi connectivity index (χ2v) is 8.95. The number of hydrogen-bond acceptors (Lipinski definition) is 8. The van der Waals surface area contributed by atoms with Gasteiger partial charge in [0.05, 0.1) is 23.3 Å². The Morgan fingerprint density at radius 1 is 0.895 bits per heavy atom. The molecule has 0 atom stereocenters. The van der Waals surface area contributed by atoms with Gasteiger partial charge in [-0.05, 0) is 30.2 Å². The quantitative estimate of drug-likeness (QED) is 0.235. The molecule has 1 N–H and O–H groups in total. The Labute approximate surface area is 221 Å². The van der Waals surface area contributed by atoms with Crippen LogP contribution in [0.5, 0.6) is 5.75 Å². The van der Waals surface area contributed by atoms with Crippen molar-refractivity contribution in [2.45, 2.75) is 13.0 Å². The molecular weight excluding hydrogens is 480 g/mol. The second kappa shape index (κ2) is 11.7. The van der Waals surface area contributed by atoms with Crippen molar-refractivity contribution in [1.29, 1.82) is 0 Å². The van der Waals surface area contributed by atoms with Gasteiger partial charge in [0.15, 0.2) is 0 Å². The molecule has 0 radical (unpaired) electrons. The van der Waals surface area contributed by atoms with Gasteiger partial charge in [0, 0.05) is 26.2 Å². The van der Waals surface area contributed by atoms with Gasteiger partial charge >= 0.3 is 5.69 Å². The number of nitrogens with one attached hydrogen (secondary N) is 1. The van der Waals surface area contributed by atoms with Crippen LogP contribution < -0.4 is 15.0 Å². The van der Waals surface area contributed by atoms with Gasteiger partial charge in [-0.1, -0.05) is 72.8 Å². The molecule has 0 unspecified atom stereocenters. The lowest BCUT2D eigenvalue weighted by Crippen LogP contribution is -2.48. The zero-order valence-electron chi connectivity index (χ0n) is 21.2. The highest BCUT2D eigenvalue weighted by Gasteiger charge is 2.32. The van der Waals surface area contributed by atoms with Gasteiger partial charge in [-0.25, -0.2) is 9.97 Å². The van der Waals surface area contributed by atoms with Crippen LogP contribution in [0.1, 0.15) is 24.1 Å². The lowest BCUT2D eigenvalue weighted by molar-refractivity contribution is -0.383. The fourth-order valence-corrected chi connectivity index (χ4v) is 4.92. The van der Waals surface area contributed by atoms with Crippen LogP contribution >= 0.6 is 0 Å². The number of rotatable bonds is 9. The molecule has 9 heteroatoms. The van der Waals surface area contributed by atoms with Crippen molar-refractivity contribution in [1.82, 2.24) is 14.9 Å². The fourth-order valence-electron chi connectivity index (χ4n) is 4.92. The molecule has 1 aromatic heterocycles. The normalized spacial score (nSPS) is 13.9. The Bertz CT molecular complexity index is 1320. The largest absolute Gasteiger partial charge is 0.492 e. The van der Waals surface area contributed by atoms with Crippen molar-refractivity contribution in [3.63, 3.8) is 0 Å². The zero-order chi connectivity index (χ0) is 26.3. The van der Waals surface area contributed by atoms with E-state index < -0.39 is 4.92 Å². The molecule has 3 aromatic carbocycles. The summed E-state index contributed by atoms with van der Waals surface area (Å²) >= 11 is 0. The summed E-state index contributed by atoms with van der Waals surface area (Å²) in [5.41, 5.74) is 2.91. The van der Waals surface area contributed by atoms with Crippen LogP contribution in [0.2, 0.25) is 0 Å². The highest BCUT2D eigenvalue weighted by molar-refractivity contribution is 5.76. The molecule has 0 spiro atoms. The summed E-state index contributed by atoms with van der Waals surface area (Å²) in [6, 6.07) is 28.3. The summed E-state index contributed by atoms with van der Waals surface area (Å²) in [6.45, 7) is 5.03. The first kappa shape index (κ1) is 25.2. The number of nitrogens with zero attached hydrogens (tertiary/aromatic N) is 5. The Morgan fingerprint density at radius 2 is 1.50 bits per heavy atom. The molecule has 9 nitrogen and oxygen atoms in total. The Kier molecular flexibility index (Phi) is 7.75. The third-order valence-corrected chi connectivity index (χ3v) is 6.64. The topological polar surface area (TPSA) is 96.7 Å². The van der Waals surface area contributed by atoms with Gasteiger partial charge in [0.1, 0.15) is 12.1 Å². The minimum atomic E-state index is -0.413. The molecule has 1 fully saturated rings. The molecule has 0 saturated carbocycles. The summed E-state index contributed by atoms with van der Waals surface area (Å²) in [7, 11) is 0. The van der Waals surface area contributed by atoms with Crippen LogP contribution in [0.15, 0.2) is 91.3 Å². The minimum Gasteiger partial charge on any atom is -0.492 e. The highest BCUT2D eigenvalue weighted by Crippen LogP contribution is 2.37. The molecule has 2 heterocycles. The third kappa shape index (κ3) is 5.42. The van der Waals surface area contributed by atoms with Crippen LogP contribution in [0.4, 0.5) is 23.0 Å². The SMILES string of the molecule is CCOc1ccccc1Nc1ncnc(N2CCN(C(c3ccccc3)c3ccccc3)CC2)c1[N+](=O)[O-]. The molecule has 1 aliphatic heterocycles. The molecule has 1 aliphatic rings. The predicted molar refractivity (Wildman–Crippen MR) is 148 cm³/mol. The number of piperazine rings is 1. The summed E-state index contributed by atoms with van der Waals surface area (Å²) in [5.74, 6) is 1.06. The zero-order valence-corrected chi connectivity index (χ0v) is 21.2. The maximum absolute atomic E-state index is 12.2. The molecule has 38 heavy (non-hydrogen) atoms. The molecule has 194 valence electrons. The van der Waals surface area contributed by atoms with E-state index in [0.717, 1.165) is 13.1 Å². The molecule has 0 bridgehead atoms. The van der Waals surface area contributed by atoms with Crippen molar-refractivity contribution < 1.29 is 9.66 Å². The van der Waals surface area contributed by atoms with Gasteiger partial charge in [-0.2, -0.15) is 0 Å². The van der Waals surface area contributed by atoms with Crippen molar-refractivity contribution in [3.8, 4) is 5.75 Å². The molecule has 5 rings (SSSR count). The number of hydrogen-bond donors (Lipinski definition) is 1. The Balaban J connectivity index is 1.39. The highest BCUT2D eigenvalue weighted by atomic mass is 16.6. The number of para-hydroxylation sites is 2. The van der Waals surface area contributed by atoms with E-state index in [9.17, 15) is 10.1 Å². The minimum absolute atomic E-state index is 0.104. The molecule has 1 saturated heterocycles. The summed E-state index contributed by atoms with van der Waals surface area (Å²) in [4.78, 5) is 24.8. The summed E-state index contributed by atoms with van der Waals surface area (Å²) in [5, 5.41) is 15.3. The fraction of sp³-hybridized carbons (Fsp3) is 0.241. The standard InChI is InChI=1S/C29H30N6O3/c1-2-38-25-16-10-9-15-24(25)32-28-27(35(36)37)29(31-21-30-28)34-19-17-33(18-20-34)26(22-11-5-3-6-12-22)23-13-7-4-8-14-23/h3-16,21,26H,2,17-20H2,1H3,(H,30,31,32). The first-order valence-electron chi connectivity index (χ1n) is 12.7. The van der Waals surface area contributed by atoms with Gasteiger partial charge in [-0.15, -0.1) is 0 Å². The first-order valence-corrected chi connectivity index (χ1v) is 12.7. The molecule has 0 amide bonds. The van der Waals surface area contributed by atoms with E-state index in [4.69, 9.17) is 4.74 Å². The number of nitro groups is 1. The molecular formula is C29H30N6O3. The summed E-state index contributed by atoms with van der Waals surface area (Å²) < 4.78 is 5.67. The van der Waals surface area contributed by atoms with Crippen LogP contribution in [0.25, 0.3) is 0 Å². The average molecular weight is 511 g/mol. The molecule has 0 aliphatic carbocycles. The third-order valence-electron chi connectivity index (χ3n) is 6.64. The first-order chi connectivity index (χ1) is 18.7. The van der Waals surface area contributed by atoms with E-state index in [1.807, 2.05) is 48.2 Å². The lowest BCUT2D eigenvalue weighted by Gasteiger charge is -2.40. The number of benzene rings is 3. The van der Waals surface area contributed by atoms with Gasteiger partial charge < -0.3 is 15.0 Å². The van der Waals surface area contributed by atoms with Crippen LogP contribution in [0.3, 0.4) is 0 Å². The predicted octanol–water partition coefficient (Wildman–Crippen LogP) is 5.44. The maximum Gasteiger partial charge on any atom is 0.353 e. The number of anilines is 3. The average Bonchev–Trinajstić information content (AvgIpc) is 2.96. The van der Waals surface area contributed by atoms with E-state index in [1.54, 1.807) is 0 Å². The van der Waals surface area contributed by atoms with Crippen molar-refractivity contribution in [2.24, 2.45) is 0 Å². The van der Waals surface area contributed by atoms with E-state index in [-0.39, 0.29) is 17.5 Å². The van der Waals surface area contributed by atoms with Crippen molar-refractivity contribution >= 4 is 23.0 Å². The monoisotopic (exact) mass is 510 g/mol. The Hall–Kier alpha value is -4.50.